The molecule has 1 aromatic carbocycles. The third-order valence-electron chi connectivity index (χ3n) is 2.67. The SMILES string of the molecule is CCCOc1ccc(NCC(N)CC(C)C)cc1. The first-order valence-electron chi connectivity index (χ1n) is 6.84. The van der Waals surface area contributed by atoms with Gasteiger partial charge in [-0.1, -0.05) is 20.8 Å². The number of ether oxygens (including phenoxy) is 1. The zero-order valence-electron chi connectivity index (χ0n) is 11.8. The molecule has 18 heavy (non-hydrogen) atoms. The summed E-state index contributed by atoms with van der Waals surface area (Å²) in [5.74, 6) is 1.57. The lowest BCUT2D eigenvalue weighted by Gasteiger charge is -2.15. The van der Waals surface area contributed by atoms with Crippen molar-refractivity contribution < 1.29 is 4.74 Å². The van der Waals surface area contributed by atoms with Crippen LogP contribution in [-0.4, -0.2) is 19.2 Å². The summed E-state index contributed by atoms with van der Waals surface area (Å²) in [5.41, 5.74) is 7.13. The third kappa shape index (κ3) is 5.92. The van der Waals surface area contributed by atoms with E-state index in [1.165, 1.54) is 0 Å². The van der Waals surface area contributed by atoms with Crippen molar-refractivity contribution in [3.8, 4) is 5.75 Å². The minimum Gasteiger partial charge on any atom is -0.494 e. The van der Waals surface area contributed by atoms with Crippen LogP contribution in [-0.2, 0) is 0 Å². The van der Waals surface area contributed by atoms with Gasteiger partial charge in [0.15, 0.2) is 0 Å². The summed E-state index contributed by atoms with van der Waals surface area (Å²) >= 11 is 0. The van der Waals surface area contributed by atoms with Crippen molar-refractivity contribution in [2.45, 2.75) is 39.7 Å². The standard InChI is InChI=1S/C15H26N2O/c1-4-9-18-15-7-5-14(6-8-15)17-11-13(16)10-12(2)3/h5-8,12-13,17H,4,9-11,16H2,1-3H3. The molecule has 1 aromatic rings. The van der Waals surface area contributed by atoms with E-state index in [-0.39, 0.29) is 6.04 Å². The largest absolute Gasteiger partial charge is 0.494 e. The van der Waals surface area contributed by atoms with Crippen molar-refractivity contribution in [2.24, 2.45) is 11.7 Å². The monoisotopic (exact) mass is 250 g/mol. The lowest BCUT2D eigenvalue weighted by atomic mass is 10.0. The Morgan fingerprint density at radius 1 is 1.22 bits per heavy atom. The molecule has 0 spiro atoms. The van der Waals surface area contributed by atoms with Gasteiger partial charge in [0.1, 0.15) is 5.75 Å². The summed E-state index contributed by atoms with van der Waals surface area (Å²) in [4.78, 5) is 0. The van der Waals surface area contributed by atoms with Crippen LogP contribution in [0.3, 0.4) is 0 Å². The summed E-state index contributed by atoms with van der Waals surface area (Å²) in [6.45, 7) is 8.07. The van der Waals surface area contributed by atoms with Crippen molar-refractivity contribution in [3.05, 3.63) is 24.3 Å². The van der Waals surface area contributed by atoms with Gasteiger partial charge in [-0.15, -0.1) is 0 Å². The molecule has 0 aliphatic heterocycles. The predicted molar refractivity (Wildman–Crippen MR) is 78.1 cm³/mol. The minimum atomic E-state index is 0.209. The molecule has 3 heteroatoms. The molecule has 3 N–H and O–H groups in total. The Bertz CT molecular complexity index is 322. The van der Waals surface area contributed by atoms with E-state index < -0.39 is 0 Å². The van der Waals surface area contributed by atoms with E-state index >= 15 is 0 Å². The molecule has 0 aliphatic rings. The Kier molecular flexibility index (Phi) is 6.58. The highest BCUT2D eigenvalue weighted by atomic mass is 16.5. The number of nitrogens with one attached hydrogen (secondary N) is 1. The van der Waals surface area contributed by atoms with Gasteiger partial charge in [0.05, 0.1) is 6.61 Å². The Morgan fingerprint density at radius 3 is 2.44 bits per heavy atom. The van der Waals surface area contributed by atoms with Crippen LogP contribution < -0.4 is 15.8 Å². The normalized spacial score (nSPS) is 12.5. The van der Waals surface area contributed by atoms with Crippen molar-refractivity contribution >= 4 is 5.69 Å². The molecule has 0 saturated heterocycles. The molecule has 0 bridgehead atoms. The first-order valence-corrected chi connectivity index (χ1v) is 6.84. The van der Waals surface area contributed by atoms with Gasteiger partial charge in [-0.25, -0.2) is 0 Å². The summed E-state index contributed by atoms with van der Waals surface area (Å²) in [7, 11) is 0. The third-order valence-corrected chi connectivity index (χ3v) is 2.67. The van der Waals surface area contributed by atoms with E-state index in [9.17, 15) is 0 Å². The zero-order chi connectivity index (χ0) is 13.4. The molecule has 3 nitrogen and oxygen atoms in total. The average molecular weight is 250 g/mol. The van der Waals surface area contributed by atoms with Crippen LogP contribution in [0.5, 0.6) is 5.75 Å². The summed E-state index contributed by atoms with van der Waals surface area (Å²) in [6, 6.07) is 8.26. The van der Waals surface area contributed by atoms with Crippen LogP contribution in [0.25, 0.3) is 0 Å². The van der Waals surface area contributed by atoms with E-state index in [4.69, 9.17) is 10.5 Å². The van der Waals surface area contributed by atoms with E-state index in [1.54, 1.807) is 0 Å². The number of hydrogen-bond acceptors (Lipinski definition) is 3. The van der Waals surface area contributed by atoms with Crippen molar-refractivity contribution in [1.29, 1.82) is 0 Å². The molecular weight excluding hydrogens is 224 g/mol. The van der Waals surface area contributed by atoms with E-state index in [1.807, 2.05) is 24.3 Å². The van der Waals surface area contributed by atoms with E-state index in [2.05, 4.69) is 26.1 Å². The van der Waals surface area contributed by atoms with Crippen molar-refractivity contribution in [2.75, 3.05) is 18.5 Å². The van der Waals surface area contributed by atoms with Gasteiger partial charge in [-0.05, 0) is 43.0 Å². The van der Waals surface area contributed by atoms with Crippen LogP contribution >= 0.6 is 0 Å². The van der Waals surface area contributed by atoms with Crippen LogP contribution in [0.15, 0.2) is 24.3 Å². The Morgan fingerprint density at radius 2 is 1.89 bits per heavy atom. The maximum atomic E-state index is 6.03. The first-order chi connectivity index (χ1) is 8.61. The molecule has 0 aromatic heterocycles. The van der Waals surface area contributed by atoms with Crippen molar-refractivity contribution in [1.82, 2.24) is 0 Å². The Balaban J connectivity index is 2.34. The predicted octanol–water partition coefficient (Wildman–Crippen LogP) is 3.26. The smallest absolute Gasteiger partial charge is 0.119 e. The molecule has 0 amide bonds. The van der Waals surface area contributed by atoms with Crippen LogP contribution in [0, 0.1) is 5.92 Å². The highest BCUT2D eigenvalue weighted by molar-refractivity contribution is 5.46. The minimum absolute atomic E-state index is 0.209. The number of rotatable bonds is 8. The van der Waals surface area contributed by atoms with Gasteiger partial charge in [-0.2, -0.15) is 0 Å². The lowest BCUT2D eigenvalue weighted by Crippen LogP contribution is -2.30. The number of anilines is 1. The second-order valence-electron chi connectivity index (χ2n) is 5.14. The maximum absolute atomic E-state index is 6.03. The molecule has 102 valence electrons. The van der Waals surface area contributed by atoms with Gasteiger partial charge in [0.25, 0.3) is 0 Å². The highest BCUT2D eigenvalue weighted by Gasteiger charge is 2.05. The van der Waals surface area contributed by atoms with Crippen LogP contribution in [0.2, 0.25) is 0 Å². The number of hydrogen-bond donors (Lipinski definition) is 2. The molecule has 0 heterocycles. The van der Waals surface area contributed by atoms with Gasteiger partial charge in [0.2, 0.25) is 0 Å². The van der Waals surface area contributed by atoms with Gasteiger partial charge in [0, 0.05) is 18.3 Å². The Hall–Kier alpha value is -1.22. The fourth-order valence-electron chi connectivity index (χ4n) is 1.83. The second kappa shape index (κ2) is 7.98. The average Bonchev–Trinajstić information content (AvgIpc) is 2.34. The summed E-state index contributed by atoms with van der Waals surface area (Å²) < 4.78 is 5.54. The van der Waals surface area contributed by atoms with Gasteiger partial charge in [-0.3, -0.25) is 0 Å². The van der Waals surface area contributed by atoms with E-state index in [0.29, 0.717) is 5.92 Å². The molecule has 0 fully saturated rings. The molecule has 1 atom stereocenters. The van der Waals surface area contributed by atoms with Crippen LogP contribution in [0.4, 0.5) is 5.69 Å². The molecule has 1 rings (SSSR count). The molecule has 1 unspecified atom stereocenters. The molecule has 0 radical (unpaired) electrons. The maximum Gasteiger partial charge on any atom is 0.119 e. The molecule has 0 aliphatic carbocycles. The number of benzene rings is 1. The quantitative estimate of drug-likeness (QED) is 0.744. The zero-order valence-corrected chi connectivity index (χ0v) is 11.8. The summed E-state index contributed by atoms with van der Waals surface area (Å²) in [5, 5.41) is 3.35. The second-order valence-corrected chi connectivity index (χ2v) is 5.14. The summed E-state index contributed by atoms with van der Waals surface area (Å²) in [6.07, 6.45) is 2.08. The van der Waals surface area contributed by atoms with Gasteiger partial charge < -0.3 is 15.8 Å². The molecule has 0 saturated carbocycles. The van der Waals surface area contributed by atoms with E-state index in [0.717, 1.165) is 37.4 Å². The Labute approximate surface area is 111 Å². The molecular formula is C15H26N2O. The first kappa shape index (κ1) is 14.8. The van der Waals surface area contributed by atoms with Crippen LogP contribution in [0.1, 0.15) is 33.6 Å². The van der Waals surface area contributed by atoms with Gasteiger partial charge >= 0.3 is 0 Å². The number of nitrogens with two attached hydrogens (primary N) is 1. The highest BCUT2D eigenvalue weighted by Crippen LogP contribution is 2.16. The topological polar surface area (TPSA) is 47.3 Å². The van der Waals surface area contributed by atoms with Crippen molar-refractivity contribution in [3.63, 3.8) is 0 Å². The lowest BCUT2D eigenvalue weighted by molar-refractivity contribution is 0.317. The fraction of sp³-hybridized carbons (Fsp3) is 0.600. The fourth-order valence-corrected chi connectivity index (χ4v) is 1.83.